The predicted octanol–water partition coefficient (Wildman–Crippen LogP) is 3.39. The molecule has 1 unspecified atom stereocenters. The van der Waals surface area contributed by atoms with Crippen molar-refractivity contribution in [2.24, 2.45) is 5.92 Å². The van der Waals surface area contributed by atoms with Gasteiger partial charge in [0.2, 0.25) is 0 Å². The molecule has 0 saturated carbocycles. The molecule has 1 atom stereocenters. The normalized spacial score (nSPS) is 20.9. The maximum Gasteiger partial charge on any atom is 0.137 e. The molecule has 0 amide bonds. The van der Waals surface area contributed by atoms with Crippen LogP contribution in [0.2, 0.25) is 0 Å². The maximum atomic E-state index is 13.1. The molecule has 0 aromatic heterocycles. The Balaban J connectivity index is 2.00. The zero-order valence-corrected chi connectivity index (χ0v) is 12.0. The van der Waals surface area contributed by atoms with E-state index in [9.17, 15) is 9.18 Å². The van der Waals surface area contributed by atoms with Gasteiger partial charge in [0.05, 0.1) is 4.47 Å². The maximum absolute atomic E-state index is 13.1. The van der Waals surface area contributed by atoms with E-state index < -0.39 is 0 Å². The van der Waals surface area contributed by atoms with Crippen LogP contribution in [0.25, 0.3) is 0 Å². The van der Waals surface area contributed by atoms with Gasteiger partial charge in [0.25, 0.3) is 0 Å². The number of hydrogen-bond donors (Lipinski definition) is 0. The number of nitrogens with zero attached hydrogens (tertiary/aromatic N) is 1. The number of ketones is 1. The Hall–Kier alpha value is -0.740. The largest absolute Gasteiger partial charge is 0.300 e. The lowest BCUT2D eigenvalue weighted by atomic mass is 9.94. The lowest BCUT2D eigenvalue weighted by molar-refractivity contribution is -0.122. The minimum atomic E-state index is -0.237. The number of likely N-dealkylation sites (tertiary alicyclic amines) is 1. The van der Waals surface area contributed by atoms with Crippen molar-refractivity contribution in [2.75, 3.05) is 13.1 Å². The molecule has 98 valence electrons. The average Bonchev–Trinajstić information content (AvgIpc) is 2.34. The Morgan fingerprint density at radius 1 is 1.56 bits per heavy atom. The summed E-state index contributed by atoms with van der Waals surface area (Å²) in [6.45, 7) is 4.29. The van der Waals surface area contributed by atoms with E-state index in [2.05, 4.69) is 20.8 Å². The summed E-state index contributed by atoms with van der Waals surface area (Å²) in [6, 6.07) is 5.09. The first-order valence-corrected chi connectivity index (χ1v) is 7.02. The minimum absolute atomic E-state index is 0.169. The standard InChI is InChI=1S/C14H17BrFNO/c1-10(18)12-3-2-6-17(9-12)8-11-4-5-14(16)13(15)7-11/h4-5,7,12H,2-3,6,8-9H2,1H3. The number of Topliss-reactive ketones (excluding diaryl/α,β-unsaturated/α-hetero) is 1. The van der Waals surface area contributed by atoms with Crippen LogP contribution in [0.3, 0.4) is 0 Å². The summed E-state index contributed by atoms with van der Waals surface area (Å²) in [5, 5.41) is 0. The van der Waals surface area contributed by atoms with Gasteiger partial charge in [0.15, 0.2) is 0 Å². The molecule has 2 nitrogen and oxygen atoms in total. The van der Waals surface area contributed by atoms with Gasteiger partial charge in [0.1, 0.15) is 11.6 Å². The van der Waals surface area contributed by atoms with Crippen molar-refractivity contribution in [3.63, 3.8) is 0 Å². The summed E-state index contributed by atoms with van der Waals surface area (Å²) in [5.74, 6) is 0.210. The molecule has 1 fully saturated rings. The third kappa shape index (κ3) is 3.39. The summed E-state index contributed by atoms with van der Waals surface area (Å²) in [4.78, 5) is 13.7. The number of rotatable bonds is 3. The van der Waals surface area contributed by atoms with E-state index in [4.69, 9.17) is 0 Å². The van der Waals surface area contributed by atoms with E-state index >= 15 is 0 Å². The third-order valence-electron chi connectivity index (χ3n) is 3.47. The third-order valence-corrected chi connectivity index (χ3v) is 4.08. The van der Waals surface area contributed by atoms with Crippen LogP contribution in [0.15, 0.2) is 22.7 Å². The van der Waals surface area contributed by atoms with Gasteiger partial charge in [-0.1, -0.05) is 6.07 Å². The molecule has 4 heteroatoms. The molecule has 18 heavy (non-hydrogen) atoms. The molecular formula is C14H17BrFNO. The molecule has 1 saturated heterocycles. The molecule has 0 spiro atoms. The lowest BCUT2D eigenvalue weighted by Crippen LogP contribution is -2.37. The second-order valence-electron chi connectivity index (χ2n) is 4.93. The molecule has 1 aliphatic heterocycles. The fourth-order valence-electron chi connectivity index (χ4n) is 2.43. The fourth-order valence-corrected chi connectivity index (χ4v) is 2.85. The lowest BCUT2D eigenvalue weighted by Gasteiger charge is -2.31. The van der Waals surface area contributed by atoms with Crippen LogP contribution in [-0.2, 0) is 11.3 Å². The van der Waals surface area contributed by atoms with Gasteiger partial charge in [0, 0.05) is 19.0 Å². The summed E-state index contributed by atoms with van der Waals surface area (Å²) in [5.41, 5.74) is 1.08. The second kappa shape index (κ2) is 5.93. The van der Waals surface area contributed by atoms with Crippen molar-refractivity contribution in [1.29, 1.82) is 0 Å². The van der Waals surface area contributed by atoms with Gasteiger partial charge in [-0.2, -0.15) is 0 Å². The van der Waals surface area contributed by atoms with Crippen LogP contribution in [0.1, 0.15) is 25.3 Å². The van der Waals surface area contributed by atoms with Crippen molar-refractivity contribution >= 4 is 21.7 Å². The number of carbonyl (C=O) groups is 1. The summed E-state index contributed by atoms with van der Waals surface area (Å²) in [6.07, 6.45) is 2.06. The van der Waals surface area contributed by atoms with Crippen LogP contribution in [-0.4, -0.2) is 23.8 Å². The van der Waals surface area contributed by atoms with Crippen molar-refractivity contribution in [2.45, 2.75) is 26.3 Å². The van der Waals surface area contributed by atoms with E-state index in [1.54, 1.807) is 13.0 Å². The van der Waals surface area contributed by atoms with Crippen LogP contribution < -0.4 is 0 Å². The van der Waals surface area contributed by atoms with Crippen LogP contribution in [0.5, 0.6) is 0 Å². The predicted molar refractivity (Wildman–Crippen MR) is 72.8 cm³/mol. The molecule has 0 N–H and O–H groups in total. The van der Waals surface area contributed by atoms with Crippen molar-refractivity contribution in [3.8, 4) is 0 Å². The zero-order chi connectivity index (χ0) is 13.1. The molecule has 1 aromatic rings. The Bertz CT molecular complexity index is 449. The SMILES string of the molecule is CC(=O)C1CCCN(Cc2ccc(F)c(Br)c2)C1. The first kappa shape index (κ1) is 13.7. The number of carbonyl (C=O) groups excluding carboxylic acids is 1. The highest BCUT2D eigenvalue weighted by Gasteiger charge is 2.23. The molecule has 0 aliphatic carbocycles. The summed E-state index contributed by atoms with van der Waals surface area (Å²) in [7, 11) is 0. The molecule has 1 aliphatic rings. The van der Waals surface area contributed by atoms with E-state index in [-0.39, 0.29) is 17.5 Å². The summed E-state index contributed by atoms with van der Waals surface area (Å²) < 4.78 is 13.6. The Morgan fingerprint density at radius 2 is 2.33 bits per heavy atom. The van der Waals surface area contributed by atoms with Crippen LogP contribution in [0, 0.1) is 11.7 Å². The minimum Gasteiger partial charge on any atom is -0.300 e. The highest BCUT2D eigenvalue weighted by atomic mass is 79.9. The van der Waals surface area contributed by atoms with E-state index in [1.807, 2.05) is 6.07 Å². The second-order valence-corrected chi connectivity index (χ2v) is 5.79. The van der Waals surface area contributed by atoms with Crippen molar-refractivity contribution < 1.29 is 9.18 Å². The van der Waals surface area contributed by atoms with Gasteiger partial charge >= 0.3 is 0 Å². The molecule has 0 radical (unpaired) electrons. The monoisotopic (exact) mass is 313 g/mol. The number of piperidine rings is 1. The number of halogens is 2. The van der Waals surface area contributed by atoms with Crippen molar-refractivity contribution in [3.05, 3.63) is 34.1 Å². The molecular weight excluding hydrogens is 297 g/mol. The van der Waals surface area contributed by atoms with Crippen molar-refractivity contribution in [1.82, 2.24) is 4.90 Å². The average molecular weight is 314 g/mol. The van der Waals surface area contributed by atoms with E-state index in [0.29, 0.717) is 4.47 Å². The first-order valence-electron chi connectivity index (χ1n) is 6.23. The van der Waals surface area contributed by atoms with Gasteiger partial charge in [-0.05, 0) is 59.9 Å². The highest BCUT2D eigenvalue weighted by Crippen LogP contribution is 2.22. The fraction of sp³-hybridized carbons (Fsp3) is 0.500. The van der Waals surface area contributed by atoms with Crippen LogP contribution in [0.4, 0.5) is 4.39 Å². The molecule has 2 rings (SSSR count). The van der Waals surface area contributed by atoms with E-state index in [0.717, 1.165) is 38.0 Å². The van der Waals surface area contributed by atoms with E-state index in [1.165, 1.54) is 6.07 Å². The first-order chi connectivity index (χ1) is 8.56. The van der Waals surface area contributed by atoms with Crippen LogP contribution >= 0.6 is 15.9 Å². The molecule has 1 heterocycles. The Labute approximate surface area is 115 Å². The smallest absolute Gasteiger partial charge is 0.137 e. The Kier molecular flexibility index (Phi) is 4.51. The summed E-state index contributed by atoms with van der Waals surface area (Å²) >= 11 is 3.20. The Morgan fingerprint density at radius 3 is 3.00 bits per heavy atom. The number of hydrogen-bond acceptors (Lipinski definition) is 2. The van der Waals surface area contributed by atoms with Gasteiger partial charge in [-0.3, -0.25) is 9.69 Å². The van der Waals surface area contributed by atoms with Gasteiger partial charge < -0.3 is 0 Å². The molecule has 1 aromatic carbocycles. The zero-order valence-electron chi connectivity index (χ0n) is 10.5. The van der Waals surface area contributed by atoms with Gasteiger partial charge in [-0.15, -0.1) is 0 Å². The quantitative estimate of drug-likeness (QED) is 0.852. The molecule has 0 bridgehead atoms. The number of benzene rings is 1. The topological polar surface area (TPSA) is 20.3 Å². The highest BCUT2D eigenvalue weighted by molar-refractivity contribution is 9.10. The van der Waals surface area contributed by atoms with Gasteiger partial charge in [-0.25, -0.2) is 4.39 Å².